The van der Waals surface area contributed by atoms with Crippen molar-refractivity contribution in [3.8, 4) is 0 Å². The Morgan fingerprint density at radius 3 is 3.12 bits per heavy atom. The van der Waals surface area contributed by atoms with Crippen LogP contribution in [-0.4, -0.2) is 48.0 Å². The van der Waals surface area contributed by atoms with Crippen molar-refractivity contribution in [1.82, 2.24) is 14.7 Å². The average molecular weight is 238 g/mol. The molecule has 2 heterocycles. The molecule has 1 saturated heterocycles. The lowest BCUT2D eigenvalue weighted by atomic mass is 10.1. The second-order valence-electron chi connectivity index (χ2n) is 4.92. The van der Waals surface area contributed by atoms with E-state index >= 15 is 0 Å². The van der Waals surface area contributed by atoms with Crippen LogP contribution >= 0.6 is 0 Å². The Hall–Kier alpha value is -0.910. The van der Waals surface area contributed by atoms with Gasteiger partial charge in [-0.05, 0) is 18.9 Å². The van der Waals surface area contributed by atoms with Gasteiger partial charge in [-0.15, -0.1) is 0 Å². The molecule has 2 atom stereocenters. The normalized spacial score (nSPS) is 23.1. The van der Waals surface area contributed by atoms with Crippen molar-refractivity contribution in [3.63, 3.8) is 0 Å². The first-order valence-corrected chi connectivity index (χ1v) is 6.14. The number of rotatable bonds is 5. The molecule has 1 aliphatic heterocycles. The van der Waals surface area contributed by atoms with Crippen LogP contribution in [0.25, 0.3) is 0 Å². The van der Waals surface area contributed by atoms with Crippen molar-refractivity contribution >= 4 is 0 Å². The summed E-state index contributed by atoms with van der Waals surface area (Å²) in [5, 5.41) is 4.15. The monoisotopic (exact) mass is 238 g/mol. The summed E-state index contributed by atoms with van der Waals surface area (Å²) in [5.74, 6) is 0.668. The van der Waals surface area contributed by atoms with Crippen molar-refractivity contribution in [2.75, 3.05) is 33.4 Å². The van der Waals surface area contributed by atoms with Gasteiger partial charge in [0.05, 0.1) is 12.8 Å². The summed E-state index contributed by atoms with van der Waals surface area (Å²) in [6.07, 6.45) is 5.06. The molecular weight excluding hydrogens is 216 g/mol. The minimum Gasteiger partial charge on any atom is -0.384 e. The summed E-state index contributed by atoms with van der Waals surface area (Å²) in [4.78, 5) is 2.42. The van der Waals surface area contributed by atoms with Gasteiger partial charge in [-0.3, -0.25) is 4.68 Å². The van der Waals surface area contributed by atoms with E-state index in [2.05, 4.69) is 10.00 Å². The number of hydrogen-bond acceptors (Lipinski definition) is 4. The molecule has 0 saturated carbocycles. The van der Waals surface area contributed by atoms with Crippen molar-refractivity contribution in [1.29, 1.82) is 0 Å². The molecule has 0 amide bonds. The van der Waals surface area contributed by atoms with E-state index in [1.54, 1.807) is 11.8 Å². The van der Waals surface area contributed by atoms with E-state index in [-0.39, 0.29) is 6.04 Å². The van der Waals surface area contributed by atoms with Gasteiger partial charge in [-0.1, -0.05) is 0 Å². The summed E-state index contributed by atoms with van der Waals surface area (Å²) < 4.78 is 6.99. The highest BCUT2D eigenvalue weighted by atomic mass is 16.5. The van der Waals surface area contributed by atoms with E-state index in [1.807, 2.05) is 19.4 Å². The van der Waals surface area contributed by atoms with Crippen molar-refractivity contribution in [2.24, 2.45) is 18.7 Å². The van der Waals surface area contributed by atoms with Gasteiger partial charge >= 0.3 is 0 Å². The first-order valence-electron chi connectivity index (χ1n) is 6.14. The number of aryl methyl sites for hydroxylation is 1. The van der Waals surface area contributed by atoms with Gasteiger partial charge < -0.3 is 15.4 Å². The molecule has 1 aromatic rings. The van der Waals surface area contributed by atoms with Crippen LogP contribution in [0, 0.1) is 5.92 Å². The molecular formula is C12H22N4O. The van der Waals surface area contributed by atoms with E-state index in [4.69, 9.17) is 10.5 Å². The predicted octanol–water partition coefficient (Wildman–Crippen LogP) is 0.388. The molecule has 5 heteroatoms. The molecule has 1 fully saturated rings. The van der Waals surface area contributed by atoms with E-state index in [9.17, 15) is 0 Å². The Labute approximate surface area is 103 Å². The number of likely N-dealkylation sites (tertiary alicyclic amines) is 1. The summed E-state index contributed by atoms with van der Waals surface area (Å²) in [5.41, 5.74) is 7.29. The quantitative estimate of drug-likeness (QED) is 0.806. The first-order chi connectivity index (χ1) is 8.19. The maximum Gasteiger partial charge on any atom is 0.0537 e. The first kappa shape index (κ1) is 12.5. The lowest BCUT2D eigenvalue weighted by Gasteiger charge is -2.20. The van der Waals surface area contributed by atoms with Crippen LogP contribution in [0.2, 0.25) is 0 Å². The number of hydrogen-bond donors (Lipinski definition) is 1. The summed E-state index contributed by atoms with van der Waals surface area (Å²) in [7, 11) is 3.69. The van der Waals surface area contributed by atoms with Crippen LogP contribution in [0.1, 0.15) is 18.0 Å². The maximum absolute atomic E-state index is 6.18. The highest BCUT2D eigenvalue weighted by Gasteiger charge is 2.24. The highest BCUT2D eigenvalue weighted by Crippen LogP contribution is 2.19. The fourth-order valence-electron chi connectivity index (χ4n) is 2.47. The smallest absolute Gasteiger partial charge is 0.0537 e. The SMILES string of the molecule is COCC1CCN(CC(N)c2cnn(C)c2)C1. The van der Waals surface area contributed by atoms with Crippen LogP contribution < -0.4 is 5.73 Å². The zero-order valence-electron chi connectivity index (χ0n) is 10.7. The molecule has 0 aliphatic carbocycles. The van der Waals surface area contributed by atoms with Crippen LogP contribution in [0.15, 0.2) is 12.4 Å². The van der Waals surface area contributed by atoms with E-state index in [1.165, 1.54) is 6.42 Å². The third-order valence-corrected chi connectivity index (χ3v) is 3.38. The number of ether oxygens (including phenoxy) is 1. The fourth-order valence-corrected chi connectivity index (χ4v) is 2.47. The van der Waals surface area contributed by atoms with Gasteiger partial charge in [0.1, 0.15) is 0 Å². The Bertz CT molecular complexity index is 352. The predicted molar refractivity (Wildman–Crippen MR) is 66.6 cm³/mol. The van der Waals surface area contributed by atoms with Crippen molar-refractivity contribution in [3.05, 3.63) is 18.0 Å². The molecule has 2 unspecified atom stereocenters. The topological polar surface area (TPSA) is 56.3 Å². The van der Waals surface area contributed by atoms with Gasteiger partial charge in [0.15, 0.2) is 0 Å². The molecule has 2 rings (SSSR count). The maximum atomic E-state index is 6.18. The fraction of sp³-hybridized carbons (Fsp3) is 0.750. The van der Waals surface area contributed by atoms with E-state index in [0.29, 0.717) is 5.92 Å². The molecule has 17 heavy (non-hydrogen) atoms. The molecule has 2 N–H and O–H groups in total. The molecule has 0 spiro atoms. The van der Waals surface area contributed by atoms with Gasteiger partial charge in [0, 0.05) is 45.0 Å². The molecule has 1 aliphatic rings. The molecule has 0 aromatic carbocycles. The van der Waals surface area contributed by atoms with Crippen molar-refractivity contribution in [2.45, 2.75) is 12.5 Å². The van der Waals surface area contributed by atoms with Gasteiger partial charge in [-0.2, -0.15) is 5.10 Å². The average Bonchev–Trinajstić information content (AvgIpc) is 2.88. The summed E-state index contributed by atoms with van der Waals surface area (Å²) in [6, 6.07) is 0.0602. The minimum absolute atomic E-state index is 0.0602. The number of aromatic nitrogens is 2. The minimum atomic E-state index is 0.0602. The highest BCUT2D eigenvalue weighted by molar-refractivity contribution is 5.10. The van der Waals surface area contributed by atoms with Crippen LogP contribution in [0.5, 0.6) is 0 Å². The number of nitrogens with two attached hydrogens (primary N) is 1. The van der Waals surface area contributed by atoms with Gasteiger partial charge in [0.2, 0.25) is 0 Å². The lowest BCUT2D eigenvalue weighted by molar-refractivity contribution is 0.152. The standard InChI is InChI=1S/C12H22N4O/c1-15-7-11(5-14-15)12(13)8-16-4-3-10(6-16)9-17-2/h5,7,10,12H,3-4,6,8-9,13H2,1-2H3. The van der Waals surface area contributed by atoms with Gasteiger partial charge in [0.25, 0.3) is 0 Å². The largest absolute Gasteiger partial charge is 0.384 e. The summed E-state index contributed by atoms with van der Waals surface area (Å²) in [6.45, 7) is 3.99. The van der Waals surface area contributed by atoms with E-state index in [0.717, 1.165) is 31.8 Å². The number of nitrogens with zero attached hydrogens (tertiary/aromatic N) is 3. The zero-order valence-corrected chi connectivity index (χ0v) is 10.7. The molecule has 96 valence electrons. The molecule has 0 bridgehead atoms. The zero-order chi connectivity index (χ0) is 12.3. The van der Waals surface area contributed by atoms with Gasteiger partial charge in [-0.25, -0.2) is 0 Å². The third kappa shape index (κ3) is 3.28. The Morgan fingerprint density at radius 2 is 2.47 bits per heavy atom. The Kier molecular flexibility index (Phi) is 4.15. The Morgan fingerprint density at radius 1 is 1.65 bits per heavy atom. The summed E-state index contributed by atoms with van der Waals surface area (Å²) >= 11 is 0. The lowest BCUT2D eigenvalue weighted by Crippen LogP contribution is -2.30. The van der Waals surface area contributed by atoms with Crippen LogP contribution in [-0.2, 0) is 11.8 Å². The van der Waals surface area contributed by atoms with Crippen LogP contribution in [0.4, 0.5) is 0 Å². The van der Waals surface area contributed by atoms with E-state index < -0.39 is 0 Å². The Balaban J connectivity index is 1.82. The number of methoxy groups -OCH3 is 1. The van der Waals surface area contributed by atoms with Crippen LogP contribution in [0.3, 0.4) is 0 Å². The van der Waals surface area contributed by atoms with Crippen molar-refractivity contribution < 1.29 is 4.74 Å². The molecule has 5 nitrogen and oxygen atoms in total. The second kappa shape index (κ2) is 5.62. The molecule has 1 aromatic heterocycles. The second-order valence-corrected chi connectivity index (χ2v) is 4.92. The third-order valence-electron chi connectivity index (χ3n) is 3.38. The molecule has 0 radical (unpaired) electrons.